The molecule has 1 aromatic rings. The Morgan fingerprint density at radius 3 is 2.21 bits per heavy atom. The fraction of sp³-hybridized carbons (Fsp3) is 0.667. The van der Waals surface area contributed by atoms with Gasteiger partial charge in [-0.05, 0) is 52.0 Å². The quantitative estimate of drug-likeness (QED) is 0.669. The Balaban J connectivity index is 1.45. The fourth-order valence-corrected chi connectivity index (χ4v) is 4.43. The van der Waals surface area contributed by atoms with Gasteiger partial charge in [-0.3, -0.25) is 0 Å². The van der Waals surface area contributed by atoms with Crippen LogP contribution in [0.25, 0.3) is 0 Å². The van der Waals surface area contributed by atoms with Crippen molar-refractivity contribution in [3.8, 4) is 5.75 Å². The lowest BCUT2D eigenvalue weighted by atomic mass is 9.99. The van der Waals surface area contributed by atoms with Crippen molar-refractivity contribution in [1.29, 1.82) is 0 Å². The average molecular weight is 451 g/mol. The monoisotopic (exact) mass is 450 g/mol. The average Bonchev–Trinajstić information content (AvgIpc) is 3.09. The summed E-state index contributed by atoms with van der Waals surface area (Å²) in [7, 11) is -4.34. The van der Waals surface area contributed by atoms with Crippen LogP contribution < -0.4 is 4.18 Å². The van der Waals surface area contributed by atoms with Gasteiger partial charge in [-0.2, -0.15) is 8.42 Å². The normalized spacial score (nSPS) is 35.1. The number of hydrogen-bond donors (Lipinski definition) is 0. The van der Waals surface area contributed by atoms with Crippen molar-refractivity contribution in [2.24, 2.45) is 0 Å². The molecule has 0 radical (unpaired) electrons. The highest BCUT2D eigenvalue weighted by molar-refractivity contribution is 7.82. The van der Waals surface area contributed by atoms with Crippen LogP contribution >= 0.6 is 11.6 Å². The van der Waals surface area contributed by atoms with E-state index in [2.05, 4.69) is 0 Å². The molecule has 4 rings (SSSR count). The molecule has 3 saturated heterocycles. The van der Waals surface area contributed by atoms with Crippen molar-refractivity contribution in [3.63, 3.8) is 0 Å². The first-order valence-electron chi connectivity index (χ1n) is 9.14. The van der Waals surface area contributed by atoms with Crippen LogP contribution in [0, 0.1) is 0 Å². The number of fused-ring (bicyclic) bond motifs is 3. The van der Waals surface area contributed by atoms with Crippen LogP contribution in [0.4, 0.5) is 0 Å². The molecule has 0 amide bonds. The zero-order valence-electron chi connectivity index (χ0n) is 16.4. The smallest absolute Gasteiger partial charge is 0.362 e. The van der Waals surface area contributed by atoms with Crippen LogP contribution in [-0.4, -0.2) is 57.3 Å². The van der Waals surface area contributed by atoms with E-state index < -0.39 is 52.7 Å². The van der Waals surface area contributed by atoms with Crippen LogP contribution in [0.3, 0.4) is 0 Å². The maximum absolute atomic E-state index is 12.2. The van der Waals surface area contributed by atoms with Crippen molar-refractivity contribution in [1.82, 2.24) is 0 Å². The Hall–Kier alpha value is -0.980. The van der Waals surface area contributed by atoms with Crippen molar-refractivity contribution >= 4 is 22.0 Å². The van der Waals surface area contributed by atoms with Crippen LogP contribution in [0.5, 0.6) is 5.75 Å². The number of benzene rings is 1. The summed E-state index contributed by atoms with van der Waals surface area (Å²) in [4.78, 5) is 0. The summed E-state index contributed by atoms with van der Waals surface area (Å²) in [6.45, 7) is 6.71. The highest BCUT2D eigenvalue weighted by atomic mass is 35.5. The molecule has 3 aliphatic rings. The molecule has 3 heterocycles. The van der Waals surface area contributed by atoms with Gasteiger partial charge in [0, 0.05) is 5.02 Å². The predicted octanol–water partition coefficient (Wildman–Crippen LogP) is 2.38. The van der Waals surface area contributed by atoms with Crippen LogP contribution in [0.2, 0.25) is 5.02 Å². The summed E-state index contributed by atoms with van der Waals surface area (Å²) in [6, 6.07) is 5.85. The van der Waals surface area contributed by atoms with Crippen molar-refractivity contribution < 1.29 is 40.5 Å². The minimum Gasteiger partial charge on any atom is -0.362 e. The number of ether oxygens (including phenoxy) is 5. The lowest BCUT2D eigenvalue weighted by Gasteiger charge is -2.36. The topological polar surface area (TPSA) is 98.8 Å². The van der Waals surface area contributed by atoms with Gasteiger partial charge in [-0.25, -0.2) is 4.18 Å². The molecular formula is C18H23ClO9S. The highest BCUT2D eigenvalue weighted by Crippen LogP contribution is 2.44. The molecule has 3 fully saturated rings. The fourth-order valence-electron chi connectivity index (χ4n) is 3.61. The maximum Gasteiger partial charge on any atom is 0.449 e. The second kappa shape index (κ2) is 7.31. The molecule has 0 bridgehead atoms. The van der Waals surface area contributed by atoms with Gasteiger partial charge < -0.3 is 27.9 Å². The van der Waals surface area contributed by atoms with Gasteiger partial charge in [-0.1, -0.05) is 11.6 Å². The van der Waals surface area contributed by atoms with E-state index in [1.807, 2.05) is 0 Å². The largest absolute Gasteiger partial charge is 0.449 e. The van der Waals surface area contributed by atoms with Gasteiger partial charge in [0.1, 0.15) is 30.2 Å². The first-order valence-corrected chi connectivity index (χ1v) is 10.9. The first kappa shape index (κ1) is 21.3. The highest BCUT2D eigenvalue weighted by Gasteiger charge is 2.60. The number of halogens is 1. The van der Waals surface area contributed by atoms with Gasteiger partial charge in [0.25, 0.3) is 0 Å². The Labute approximate surface area is 174 Å². The molecule has 29 heavy (non-hydrogen) atoms. The molecule has 0 saturated carbocycles. The van der Waals surface area contributed by atoms with Gasteiger partial charge in [0.2, 0.25) is 0 Å². The van der Waals surface area contributed by atoms with E-state index in [0.29, 0.717) is 5.02 Å². The van der Waals surface area contributed by atoms with Crippen molar-refractivity contribution in [3.05, 3.63) is 29.3 Å². The third-order valence-corrected chi connectivity index (χ3v) is 5.71. The van der Waals surface area contributed by atoms with E-state index in [1.54, 1.807) is 27.7 Å². The maximum atomic E-state index is 12.2. The van der Waals surface area contributed by atoms with Crippen molar-refractivity contribution in [2.75, 3.05) is 6.61 Å². The van der Waals surface area contributed by atoms with Crippen molar-refractivity contribution in [2.45, 2.75) is 70.0 Å². The van der Waals surface area contributed by atoms with E-state index in [1.165, 1.54) is 24.3 Å². The van der Waals surface area contributed by atoms with Gasteiger partial charge in [0.05, 0.1) is 6.61 Å². The molecular weight excluding hydrogens is 428 g/mol. The third-order valence-electron chi connectivity index (χ3n) is 4.64. The summed E-state index contributed by atoms with van der Waals surface area (Å²) in [5, 5.41) is 0.453. The molecule has 0 aliphatic carbocycles. The van der Waals surface area contributed by atoms with Crippen LogP contribution in [-0.2, 0) is 38.3 Å². The number of rotatable bonds is 5. The minimum atomic E-state index is -4.34. The predicted molar refractivity (Wildman–Crippen MR) is 99.5 cm³/mol. The Bertz CT molecular complexity index is 855. The van der Waals surface area contributed by atoms with E-state index in [9.17, 15) is 8.42 Å². The van der Waals surface area contributed by atoms with Crippen LogP contribution in [0.1, 0.15) is 27.7 Å². The van der Waals surface area contributed by atoms with Gasteiger partial charge in [-0.15, -0.1) is 0 Å². The van der Waals surface area contributed by atoms with E-state index in [0.717, 1.165) is 0 Å². The third kappa shape index (κ3) is 4.70. The van der Waals surface area contributed by atoms with E-state index in [4.69, 9.17) is 43.7 Å². The lowest BCUT2D eigenvalue weighted by Crippen LogP contribution is -2.56. The molecule has 11 heteroatoms. The molecule has 3 aliphatic heterocycles. The lowest BCUT2D eigenvalue weighted by molar-refractivity contribution is -0.238. The second-order valence-electron chi connectivity index (χ2n) is 7.94. The van der Waals surface area contributed by atoms with E-state index >= 15 is 0 Å². The molecule has 162 valence electrons. The van der Waals surface area contributed by atoms with Crippen LogP contribution in [0.15, 0.2) is 24.3 Å². The Morgan fingerprint density at radius 1 is 0.931 bits per heavy atom. The standard InChI is InChI=1S/C18H23ClO9S/c1-17(2)24-13-12(23-16-15(14(13)25-17)26-18(3,4)27-16)9-22-29(20,21)28-11-7-5-10(19)6-8-11/h5-8,12-16H,9H2,1-4H3/t12?,13-,14-,15?,16+/m0/s1. The minimum absolute atomic E-state index is 0.0766. The zero-order valence-corrected chi connectivity index (χ0v) is 17.9. The summed E-state index contributed by atoms with van der Waals surface area (Å²) in [5.74, 6) is -1.68. The molecule has 9 nitrogen and oxygen atoms in total. The first-order chi connectivity index (χ1) is 13.4. The summed E-state index contributed by atoms with van der Waals surface area (Å²) < 4.78 is 63.9. The molecule has 0 spiro atoms. The van der Waals surface area contributed by atoms with Gasteiger partial charge in [0.15, 0.2) is 17.9 Å². The SMILES string of the molecule is CC1(C)OC2[C@H](OC(COS(=O)(=O)Oc3ccc(Cl)cc3)[C@@H]3OC(C)(C)O[C@H]23)O1. The second-order valence-corrected chi connectivity index (χ2v) is 9.59. The number of hydrogen-bond acceptors (Lipinski definition) is 9. The summed E-state index contributed by atoms with van der Waals surface area (Å²) >= 11 is 5.78. The van der Waals surface area contributed by atoms with Gasteiger partial charge >= 0.3 is 10.4 Å². The summed E-state index contributed by atoms with van der Waals surface area (Å²) in [5.41, 5.74) is 0. The Morgan fingerprint density at radius 2 is 1.52 bits per heavy atom. The molecule has 5 atom stereocenters. The molecule has 2 unspecified atom stereocenters. The molecule has 0 N–H and O–H groups in total. The summed E-state index contributed by atoms with van der Waals surface area (Å²) in [6.07, 6.45) is -3.12. The van der Waals surface area contributed by atoms with E-state index in [-0.39, 0.29) is 12.4 Å². The zero-order chi connectivity index (χ0) is 21.0. The molecule has 0 aromatic heterocycles. The Kier molecular flexibility index (Phi) is 5.36. The molecule has 1 aromatic carbocycles.